The van der Waals surface area contributed by atoms with E-state index in [-0.39, 0.29) is 11.9 Å². The third kappa shape index (κ3) is 3.54. The number of aryl methyl sites for hydroxylation is 1. The Bertz CT molecular complexity index is 869. The molecule has 1 aromatic carbocycles. The second-order valence-electron chi connectivity index (χ2n) is 6.36. The first-order valence-corrected chi connectivity index (χ1v) is 10.2. The largest absolute Gasteiger partial charge is 0.325 e. The highest BCUT2D eigenvalue weighted by Crippen LogP contribution is 2.39. The predicted octanol–water partition coefficient (Wildman–Crippen LogP) is 4.70. The van der Waals surface area contributed by atoms with E-state index in [1.807, 2.05) is 42.5 Å². The third-order valence-electron chi connectivity index (χ3n) is 4.53. The Morgan fingerprint density at radius 1 is 1.20 bits per heavy atom. The lowest BCUT2D eigenvalue weighted by Crippen LogP contribution is -2.40. The van der Waals surface area contributed by atoms with Gasteiger partial charge in [-0.15, -0.1) is 22.7 Å². The fraction of sp³-hybridized carbons (Fsp3) is 0.250. The Labute approximate surface area is 155 Å². The molecule has 128 valence electrons. The third-order valence-corrected chi connectivity index (χ3v) is 6.45. The summed E-state index contributed by atoms with van der Waals surface area (Å²) in [6.45, 7) is 3.36. The first-order valence-electron chi connectivity index (χ1n) is 8.41. The zero-order valence-electron chi connectivity index (χ0n) is 14.1. The molecule has 0 saturated carbocycles. The molecule has 0 radical (unpaired) electrons. The number of rotatable bonds is 4. The van der Waals surface area contributed by atoms with Crippen LogP contribution in [0.1, 0.15) is 26.9 Å². The number of thiophene rings is 2. The van der Waals surface area contributed by atoms with Gasteiger partial charge in [-0.25, -0.2) is 0 Å². The molecule has 3 aromatic rings. The maximum Gasteiger partial charge on any atom is 0.238 e. The minimum atomic E-state index is 0.0471. The monoisotopic (exact) mass is 368 g/mol. The van der Waals surface area contributed by atoms with Crippen molar-refractivity contribution in [3.63, 3.8) is 0 Å². The Morgan fingerprint density at radius 2 is 2.12 bits per heavy atom. The molecule has 2 aromatic heterocycles. The summed E-state index contributed by atoms with van der Waals surface area (Å²) in [6, 6.07) is 14.6. The van der Waals surface area contributed by atoms with Crippen molar-refractivity contribution in [2.45, 2.75) is 19.4 Å². The van der Waals surface area contributed by atoms with Gasteiger partial charge in [0.2, 0.25) is 5.91 Å². The number of nitrogens with zero attached hydrogens (tertiary/aromatic N) is 1. The van der Waals surface area contributed by atoms with E-state index in [1.165, 1.54) is 15.3 Å². The summed E-state index contributed by atoms with van der Waals surface area (Å²) in [5.41, 5.74) is 3.38. The van der Waals surface area contributed by atoms with Gasteiger partial charge in [0.05, 0.1) is 12.6 Å². The van der Waals surface area contributed by atoms with Gasteiger partial charge in [0, 0.05) is 22.0 Å². The Kier molecular flexibility index (Phi) is 4.70. The van der Waals surface area contributed by atoms with Gasteiger partial charge in [0.25, 0.3) is 0 Å². The normalized spacial score (nSPS) is 17.2. The van der Waals surface area contributed by atoms with Crippen LogP contribution in [0.25, 0.3) is 0 Å². The summed E-state index contributed by atoms with van der Waals surface area (Å²) >= 11 is 3.59. The Hall–Kier alpha value is -1.95. The van der Waals surface area contributed by atoms with Crippen molar-refractivity contribution in [3.05, 3.63) is 74.1 Å². The van der Waals surface area contributed by atoms with Crippen LogP contribution in [0.3, 0.4) is 0 Å². The molecule has 1 aliphatic rings. The lowest BCUT2D eigenvalue weighted by molar-refractivity contribution is -0.117. The zero-order chi connectivity index (χ0) is 17.2. The molecule has 0 unspecified atom stereocenters. The summed E-state index contributed by atoms with van der Waals surface area (Å²) in [5.74, 6) is 0.0471. The number of carbonyl (C=O) groups is 1. The van der Waals surface area contributed by atoms with Crippen LogP contribution in [-0.2, 0) is 11.2 Å². The number of hydrogen-bond donors (Lipinski definition) is 1. The number of amides is 1. The lowest BCUT2D eigenvalue weighted by atomic mass is 9.98. The van der Waals surface area contributed by atoms with Crippen LogP contribution in [0.4, 0.5) is 5.69 Å². The second-order valence-corrected chi connectivity index (χ2v) is 8.34. The van der Waals surface area contributed by atoms with Crippen LogP contribution < -0.4 is 5.32 Å². The van der Waals surface area contributed by atoms with Gasteiger partial charge in [-0.05, 0) is 59.5 Å². The molecule has 4 rings (SSSR count). The van der Waals surface area contributed by atoms with Crippen LogP contribution in [0.2, 0.25) is 0 Å². The van der Waals surface area contributed by atoms with Crippen molar-refractivity contribution < 1.29 is 4.79 Å². The molecular weight excluding hydrogens is 348 g/mol. The highest BCUT2D eigenvalue weighted by molar-refractivity contribution is 7.10. The quantitative estimate of drug-likeness (QED) is 0.724. The number of anilines is 1. The average Bonchev–Trinajstić information content (AvgIpc) is 3.26. The van der Waals surface area contributed by atoms with E-state index in [4.69, 9.17) is 0 Å². The van der Waals surface area contributed by atoms with Crippen LogP contribution in [-0.4, -0.2) is 23.9 Å². The number of nitrogens with one attached hydrogen (secondary N) is 1. The molecule has 0 bridgehead atoms. The molecule has 25 heavy (non-hydrogen) atoms. The van der Waals surface area contributed by atoms with Gasteiger partial charge in [-0.3, -0.25) is 9.69 Å². The Morgan fingerprint density at radius 3 is 2.92 bits per heavy atom. The van der Waals surface area contributed by atoms with Crippen molar-refractivity contribution in [1.82, 2.24) is 4.90 Å². The second kappa shape index (κ2) is 7.12. The van der Waals surface area contributed by atoms with Gasteiger partial charge in [-0.1, -0.05) is 18.2 Å². The minimum absolute atomic E-state index is 0.0471. The molecule has 0 spiro atoms. The maximum atomic E-state index is 12.6. The molecule has 1 N–H and O–H groups in total. The maximum absolute atomic E-state index is 12.6. The van der Waals surface area contributed by atoms with Crippen molar-refractivity contribution in [2.24, 2.45) is 0 Å². The summed E-state index contributed by atoms with van der Waals surface area (Å²) < 4.78 is 0. The van der Waals surface area contributed by atoms with Crippen molar-refractivity contribution in [3.8, 4) is 0 Å². The van der Waals surface area contributed by atoms with Crippen LogP contribution in [0.5, 0.6) is 0 Å². The number of carbonyl (C=O) groups excluding carboxylic acids is 1. The molecule has 0 saturated heterocycles. The highest BCUT2D eigenvalue weighted by atomic mass is 32.1. The minimum Gasteiger partial charge on any atom is -0.325 e. The van der Waals surface area contributed by atoms with E-state index in [9.17, 15) is 4.79 Å². The van der Waals surface area contributed by atoms with Gasteiger partial charge in [-0.2, -0.15) is 0 Å². The highest BCUT2D eigenvalue weighted by Gasteiger charge is 2.31. The lowest BCUT2D eigenvalue weighted by Gasteiger charge is -2.34. The van der Waals surface area contributed by atoms with Gasteiger partial charge < -0.3 is 5.32 Å². The molecule has 0 aliphatic carbocycles. The molecule has 5 heteroatoms. The Balaban J connectivity index is 1.54. The number of hydrogen-bond acceptors (Lipinski definition) is 4. The van der Waals surface area contributed by atoms with Crippen molar-refractivity contribution >= 4 is 34.3 Å². The summed E-state index contributed by atoms with van der Waals surface area (Å²) in [7, 11) is 0. The SMILES string of the molecule is Cc1cccc(NC(=O)CN2CCc3sccc3[C@H]2c2cccs2)c1. The van der Waals surface area contributed by atoms with E-state index in [0.717, 1.165) is 24.2 Å². The first-order chi connectivity index (χ1) is 12.2. The molecule has 1 atom stereocenters. The number of fused-ring (bicyclic) bond motifs is 1. The van der Waals surface area contributed by atoms with Crippen molar-refractivity contribution in [1.29, 1.82) is 0 Å². The van der Waals surface area contributed by atoms with E-state index in [2.05, 4.69) is 39.2 Å². The smallest absolute Gasteiger partial charge is 0.238 e. The zero-order valence-corrected chi connectivity index (χ0v) is 15.7. The molecule has 3 heterocycles. The average molecular weight is 369 g/mol. The topological polar surface area (TPSA) is 32.3 Å². The molecule has 1 aliphatic heterocycles. The summed E-state index contributed by atoms with van der Waals surface area (Å²) in [5, 5.41) is 7.32. The van der Waals surface area contributed by atoms with Gasteiger partial charge >= 0.3 is 0 Å². The first kappa shape index (κ1) is 16.5. The summed E-state index contributed by atoms with van der Waals surface area (Å²) in [6.07, 6.45) is 1.02. The van der Waals surface area contributed by atoms with E-state index >= 15 is 0 Å². The van der Waals surface area contributed by atoms with Gasteiger partial charge in [0.15, 0.2) is 0 Å². The van der Waals surface area contributed by atoms with E-state index in [0.29, 0.717) is 6.54 Å². The van der Waals surface area contributed by atoms with Gasteiger partial charge in [0.1, 0.15) is 0 Å². The fourth-order valence-electron chi connectivity index (χ4n) is 3.43. The van der Waals surface area contributed by atoms with Crippen LogP contribution in [0, 0.1) is 6.92 Å². The molecule has 3 nitrogen and oxygen atoms in total. The van der Waals surface area contributed by atoms with Crippen LogP contribution in [0.15, 0.2) is 53.2 Å². The fourth-order valence-corrected chi connectivity index (χ4v) is 5.21. The van der Waals surface area contributed by atoms with Crippen LogP contribution >= 0.6 is 22.7 Å². The predicted molar refractivity (Wildman–Crippen MR) is 106 cm³/mol. The molecule has 0 fully saturated rings. The van der Waals surface area contributed by atoms with E-state index in [1.54, 1.807) is 11.3 Å². The summed E-state index contributed by atoms with van der Waals surface area (Å²) in [4.78, 5) is 17.7. The van der Waals surface area contributed by atoms with E-state index < -0.39 is 0 Å². The standard InChI is InChI=1S/C20H20N2OS2/c1-14-4-2-5-15(12-14)21-19(23)13-22-9-7-17-16(8-11-25-17)20(22)18-6-3-10-24-18/h2-6,8,10-12,20H,7,9,13H2,1H3,(H,21,23)/t20-/m0/s1. The molecular formula is C20H20N2OS2. The number of benzene rings is 1. The van der Waals surface area contributed by atoms with Crippen molar-refractivity contribution in [2.75, 3.05) is 18.4 Å². The molecule has 1 amide bonds.